The molecule has 156 valence electrons. The number of allylic oxidation sites excluding steroid dienone is 2. The van der Waals surface area contributed by atoms with E-state index in [2.05, 4.69) is 5.10 Å². The number of anilines is 1. The Bertz CT molecular complexity index is 1050. The molecule has 0 bridgehead atoms. The minimum Gasteiger partial charge on any atom is -0.484 e. The quantitative estimate of drug-likeness (QED) is 0.673. The SMILES string of the molecule is COC(=O)C1=C(C(=O)OC)N(c2ccc(OCc3ccnn3C)c(F)c2)C=CC=C1. The van der Waals surface area contributed by atoms with Crippen LogP contribution in [0.2, 0.25) is 0 Å². The maximum atomic E-state index is 14.7. The van der Waals surface area contributed by atoms with Crippen molar-refractivity contribution in [2.75, 3.05) is 19.1 Å². The van der Waals surface area contributed by atoms with Crippen molar-refractivity contribution in [1.29, 1.82) is 0 Å². The van der Waals surface area contributed by atoms with Gasteiger partial charge in [-0.15, -0.1) is 0 Å². The molecule has 0 spiro atoms. The van der Waals surface area contributed by atoms with E-state index in [0.717, 1.165) is 5.69 Å². The van der Waals surface area contributed by atoms with Crippen molar-refractivity contribution in [3.8, 4) is 5.75 Å². The lowest BCUT2D eigenvalue weighted by atomic mass is 10.1. The van der Waals surface area contributed by atoms with Gasteiger partial charge in [0, 0.05) is 31.2 Å². The molecule has 0 saturated carbocycles. The van der Waals surface area contributed by atoms with Gasteiger partial charge in [0.25, 0.3) is 0 Å². The van der Waals surface area contributed by atoms with E-state index in [1.165, 1.54) is 43.5 Å². The lowest BCUT2D eigenvalue weighted by Gasteiger charge is -2.23. The van der Waals surface area contributed by atoms with Crippen LogP contribution >= 0.6 is 0 Å². The van der Waals surface area contributed by atoms with Crippen molar-refractivity contribution in [2.45, 2.75) is 6.61 Å². The summed E-state index contributed by atoms with van der Waals surface area (Å²) >= 11 is 0. The Hall–Kier alpha value is -3.88. The zero-order valence-electron chi connectivity index (χ0n) is 16.7. The summed E-state index contributed by atoms with van der Waals surface area (Å²) in [4.78, 5) is 26.0. The summed E-state index contributed by atoms with van der Waals surface area (Å²) in [5.74, 6) is -2.10. The highest BCUT2D eigenvalue weighted by Gasteiger charge is 2.27. The molecule has 0 unspecified atom stereocenters. The third-order valence-corrected chi connectivity index (χ3v) is 4.38. The molecule has 0 saturated heterocycles. The predicted molar refractivity (Wildman–Crippen MR) is 106 cm³/mol. The third kappa shape index (κ3) is 4.24. The van der Waals surface area contributed by atoms with Crippen LogP contribution in [0.1, 0.15) is 5.69 Å². The average molecular weight is 413 g/mol. The molecule has 1 aliphatic heterocycles. The van der Waals surface area contributed by atoms with Gasteiger partial charge >= 0.3 is 11.9 Å². The van der Waals surface area contributed by atoms with Gasteiger partial charge in [0.1, 0.15) is 12.3 Å². The van der Waals surface area contributed by atoms with E-state index in [9.17, 15) is 14.0 Å². The molecule has 30 heavy (non-hydrogen) atoms. The van der Waals surface area contributed by atoms with Crippen LogP contribution in [0.25, 0.3) is 0 Å². The van der Waals surface area contributed by atoms with Crippen LogP contribution in [0, 0.1) is 5.82 Å². The molecule has 1 aromatic carbocycles. The number of benzene rings is 1. The summed E-state index contributed by atoms with van der Waals surface area (Å²) < 4.78 is 31.5. The van der Waals surface area contributed by atoms with Gasteiger partial charge in [0.2, 0.25) is 0 Å². The van der Waals surface area contributed by atoms with E-state index in [4.69, 9.17) is 14.2 Å². The maximum Gasteiger partial charge on any atom is 0.355 e. The first kappa shape index (κ1) is 20.8. The number of aryl methyl sites for hydroxylation is 1. The van der Waals surface area contributed by atoms with Crippen molar-refractivity contribution in [3.63, 3.8) is 0 Å². The number of hydrogen-bond donors (Lipinski definition) is 0. The largest absolute Gasteiger partial charge is 0.484 e. The monoisotopic (exact) mass is 413 g/mol. The normalized spacial score (nSPS) is 13.3. The molecule has 0 fully saturated rings. The first-order valence-electron chi connectivity index (χ1n) is 8.90. The van der Waals surface area contributed by atoms with E-state index in [1.807, 2.05) is 0 Å². The highest BCUT2D eigenvalue weighted by molar-refractivity contribution is 6.05. The summed E-state index contributed by atoms with van der Waals surface area (Å²) in [6.07, 6.45) is 7.73. The Kier molecular flexibility index (Phi) is 6.31. The molecule has 8 nitrogen and oxygen atoms in total. The first-order valence-corrected chi connectivity index (χ1v) is 8.90. The first-order chi connectivity index (χ1) is 14.5. The van der Waals surface area contributed by atoms with E-state index < -0.39 is 17.8 Å². The van der Waals surface area contributed by atoms with E-state index in [0.29, 0.717) is 5.69 Å². The minimum absolute atomic E-state index is 0.0220. The van der Waals surface area contributed by atoms with E-state index in [-0.39, 0.29) is 23.6 Å². The fraction of sp³-hybridized carbons (Fsp3) is 0.190. The molecule has 0 amide bonds. The van der Waals surface area contributed by atoms with Gasteiger partial charge in [-0.3, -0.25) is 4.68 Å². The number of rotatable bonds is 6. The van der Waals surface area contributed by atoms with Gasteiger partial charge in [0.05, 0.1) is 25.5 Å². The van der Waals surface area contributed by atoms with Crippen molar-refractivity contribution >= 4 is 17.6 Å². The number of halogens is 1. The second-order valence-electron chi connectivity index (χ2n) is 6.17. The maximum absolute atomic E-state index is 14.7. The van der Waals surface area contributed by atoms with Crippen molar-refractivity contribution in [3.05, 3.63) is 77.7 Å². The number of methoxy groups -OCH3 is 2. The zero-order valence-corrected chi connectivity index (χ0v) is 16.7. The standard InChI is InChI=1S/C21H20FN3O5/c1-24-15(9-10-23-24)13-30-18-8-7-14(12-17(18)22)25-11-5-4-6-16(20(26)28-2)19(25)21(27)29-3/h4-12H,13H2,1-3H3. The van der Waals surface area contributed by atoms with Crippen LogP contribution in [0.4, 0.5) is 10.1 Å². The average Bonchev–Trinajstić information content (AvgIpc) is 3.03. The highest BCUT2D eigenvalue weighted by Crippen LogP contribution is 2.30. The van der Waals surface area contributed by atoms with E-state index >= 15 is 0 Å². The number of ether oxygens (including phenoxy) is 3. The number of carbonyl (C=O) groups is 2. The van der Waals surface area contributed by atoms with Crippen LogP contribution < -0.4 is 9.64 Å². The van der Waals surface area contributed by atoms with Crippen LogP contribution in [-0.2, 0) is 32.7 Å². The van der Waals surface area contributed by atoms with Gasteiger partial charge in [-0.1, -0.05) is 6.08 Å². The lowest BCUT2D eigenvalue weighted by Crippen LogP contribution is -2.27. The van der Waals surface area contributed by atoms with Gasteiger partial charge < -0.3 is 19.1 Å². The Morgan fingerprint density at radius 1 is 1.10 bits per heavy atom. The van der Waals surface area contributed by atoms with Crippen LogP contribution in [0.5, 0.6) is 5.75 Å². The number of aromatic nitrogens is 2. The molecule has 1 aromatic heterocycles. The Morgan fingerprint density at radius 3 is 2.50 bits per heavy atom. The van der Waals surface area contributed by atoms with Crippen molar-refractivity contribution < 1.29 is 28.2 Å². The summed E-state index contributed by atoms with van der Waals surface area (Å²) in [7, 11) is 4.16. The molecular formula is C21H20FN3O5. The van der Waals surface area contributed by atoms with Gasteiger partial charge in [-0.05, 0) is 30.4 Å². The number of nitrogens with zero attached hydrogens (tertiary/aromatic N) is 3. The molecule has 0 aliphatic carbocycles. The Labute approximate surface area is 172 Å². The molecule has 0 radical (unpaired) electrons. The number of carbonyl (C=O) groups excluding carboxylic acids is 2. The van der Waals surface area contributed by atoms with Crippen LogP contribution in [0.15, 0.2) is 66.2 Å². The fourth-order valence-electron chi connectivity index (χ4n) is 2.82. The van der Waals surface area contributed by atoms with Crippen LogP contribution in [-0.4, -0.2) is 35.9 Å². The Balaban J connectivity index is 1.94. The van der Waals surface area contributed by atoms with Gasteiger partial charge in [0.15, 0.2) is 11.6 Å². The fourth-order valence-corrected chi connectivity index (χ4v) is 2.82. The summed E-state index contributed by atoms with van der Waals surface area (Å²) in [6, 6.07) is 5.98. The molecular weight excluding hydrogens is 393 g/mol. The smallest absolute Gasteiger partial charge is 0.355 e. The Morgan fingerprint density at radius 2 is 1.87 bits per heavy atom. The van der Waals surface area contributed by atoms with Crippen molar-refractivity contribution in [1.82, 2.24) is 9.78 Å². The molecule has 0 atom stereocenters. The highest BCUT2D eigenvalue weighted by atomic mass is 19.1. The van der Waals surface area contributed by atoms with Gasteiger partial charge in [-0.2, -0.15) is 5.10 Å². The molecule has 2 heterocycles. The minimum atomic E-state index is -0.774. The summed E-state index contributed by atoms with van der Waals surface area (Å²) in [5.41, 5.74) is 0.948. The second-order valence-corrected chi connectivity index (χ2v) is 6.17. The molecule has 9 heteroatoms. The molecule has 0 N–H and O–H groups in total. The summed E-state index contributed by atoms with van der Waals surface area (Å²) in [6.45, 7) is 0.139. The molecule has 2 aromatic rings. The zero-order chi connectivity index (χ0) is 21.7. The van der Waals surface area contributed by atoms with Crippen LogP contribution in [0.3, 0.4) is 0 Å². The molecule has 3 rings (SSSR count). The van der Waals surface area contributed by atoms with E-state index in [1.54, 1.807) is 42.2 Å². The summed E-state index contributed by atoms with van der Waals surface area (Å²) in [5, 5.41) is 4.03. The van der Waals surface area contributed by atoms with Gasteiger partial charge in [-0.25, -0.2) is 14.0 Å². The molecule has 1 aliphatic rings. The predicted octanol–water partition coefficient (Wildman–Crippen LogP) is 2.63. The van der Waals surface area contributed by atoms with Crippen molar-refractivity contribution in [2.24, 2.45) is 7.05 Å². The number of hydrogen-bond acceptors (Lipinski definition) is 7. The second kappa shape index (κ2) is 9.08. The lowest BCUT2D eigenvalue weighted by molar-refractivity contribution is -0.139. The third-order valence-electron chi connectivity index (χ3n) is 4.38. The number of esters is 2. The topological polar surface area (TPSA) is 82.9 Å².